The van der Waals surface area contributed by atoms with Crippen LogP contribution in [0.25, 0.3) is 0 Å². The van der Waals surface area contributed by atoms with Gasteiger partial charge in [-0.1, -0.05) is 6.42 Å². The summed E-state index contributed by atoms with van der Waals surface area (Å²) in [5, 5.41) is 13.1. The van der Waals surface area contributed by atoms with Crippen LogP contribution in [0.1, 0.15) is 30.9 Å². The highest BCUT2D eigenvalue weighted by Crippen LogP contribution is 2.35. The molecule has 1 atom stereocenters. The van der Waals surface area contributed by atoms with E-state index < -0.39 is 0 Å². The highest BCUT2D eigenvalue weighted by atomic mass is 79.9. The van der Waals surface area contributed by atoms with E-state index in [4.69, 9.17) is 0 Å². The molecule has 1 saturated heterocycles. The molecule has 0 aliphatic carbocycles. The topological polar surface area (TPSA) is 32.3 Å². The number of aromatic hydroxyl groups is 1. The molecule has 2 nitrogen and oxygen atoms in total. The Morgan fingerprint density at radius 3 is 2.87 bits per heavy atom. The summed E-state index contributed by atoms with van der Waals surface area (Å²) in [6.45, 7) is 0.929. The number of rotatable bonds is 1. The lowest BCUT2D eigenvalue weighted by Gasteiger charge is -2.24. The molecule has 1 heterocycles. The molecule has 0 unspecified atom stereocenters. The van der Waals surface area contributed by atoms with Gasteiger partial charge in [-0.15, -0.1) is 0 Å². The number of nitrogens with one attached hydrogen (secondary N) is 1. The number of benzene rings is 1. The molecule has 82 valence electrons. The van der Waals surface area contributed by atoms with Crippen LogP contribution >= 0.6 is 15.9 Å². The third-order valence-electron chi connectivity index (χ3n) is 2.74. The lowest BCUT2D eigenvalue weighted by Crippen LogP contribution is -2.26. The molecule has 1 fully saturated rings. The van der Waals surface area contributed by atoms with Crippen molar-refractivity contribution in [3.63, 3.8) is 0 Å². The summed E-state index contributed by atoms with van der Waals surface area (Å²) < 4.78 is 13.6. The van der Waals surface area contributed by atoms with E-state index in [0.29, 0.717) is 10.0 Å². The normalized spacial score (nSPS) is 21.6. The first-order valence-electron chi connectivity index (χ1n) is 5.10. The second kappa shape index (κ2) is 4.49. The van der Waals surface area contributed by atoms with Crippen molar-refractivity contribution in [2.75, 3.05) is 6.54 Å². The highest BCUT2D eigenvalue weighted by molar-refractivity contribution is 9.10. The number of halogens is 2. The summed E-state index contributed by atoms with van der Waals surface area (Å²) in [7, 11) is 0. The SMILES string of the molecule is Oc1c(Br)cc(F)cc1[C@@H]1CCCCN1. The van der Waals surface area contributed by atoms with Crippen LogP contribution in [0.4, 0.5) is 4.39 Å². The second-order valence-corrected chi connectivity index (χ2v) is 4.68. The average molecular weight is 274 g/mol. The van der Waals surface area contributed by atoms with Gasteiger partial charge in [-0.05, 0) is 47.4 Å². The van der Waals surface area contributed by atoms with Crippen LogP contribution < -0.4 is 5.32 Å². The summed E-state index contributed by atoms with van der Waals surface area (Å²) in [5.41, 5.74) is 0.654. The van der Waals surface area contributed by atoms with Gasteiger partial charge in [0.15, 0.2) is 0 Å². The molecule has 0 spiro atoms. The third kappa shape index (κ3) is 2.32. The van der Waals surface area contributed by atoms with Gasteiger partial charge >= 0.3 is 0 Å². The van der Waals surface area contributed by atoms with Gasteiger partial charge in [0, 0.05) is 11.6 Å². The van der Waals surface area contributed by atoms with Crippen LogP contribution in [0.15, 0.2) is 16.6 Å². The number of hydrogen-bond donors (Lipinski definition) is 2. The van der Waals surface area contributed by atoms with Crippen molar-refractivity contribution in [1.29, 1.82) is 0 Å². The predicted octanol–water partition coefficient (Wildman–Crippen LogP) is 3.11. The highest BCUT2D eigenvalue weighted by Gasteiger charge is 2.20. The lowest BCUT2D eigenvalue weighted by atomic mass is 9.97. The molecule has 0 bridgehead atoms. The lowest BCUT2D eigenvalue weighted by molar-refractivity contribution is 0.387. The van der Waals surface area contributed by atoms with E-state index in [1.54, 1.807) is 0 Å². The van der Waals surface area contributed by atoms with Crippen molar-refractivity contribution in [2.45, 2.75) is 25.3 Å². The molecule has 0 amide bonds. The Hall–Kier alpha value is -0.610. The zero-order chi connectivity index (χ0) is 10.8. The minimum atomic E-state index is -0.318. The van der Waals surface area contributed by atoms with Crippen molar-refractivity contribution in [2.24, 2.45) is 0 Å². The largest absolute Gasteiger partial charge is 0.506 e. The zero-order valence-electron chi connectivity index (χ0n) is 8.26. The average Bonchev–Trinajstić information content (AvgIpc) is 2.24. The molecule has 1 aromatic carbocycles. The maximum absolute atomic E-state index is 13.2. The summed E-state index contributed by atoms with van der Waals surface area (Å²) in [6.07, 6.45) is 3.21. The molecule has 1 aromatic rings. The second-order valence-electron chi connectivity index (χ2n) is 3.83. The quantitative estimate of drug-likeness (QED) is 0.824. The first kappa shape index (κ1) is 10.9. The Morgan fingerprint density at radius 1 is 1.40 bits per heavy atom. The van der Waals surface area contributed by atoms with Crippen LogP contribution in [-0.4, -0.2) is 11.7 Å². The predicted molar refractivity (Wildman–Crippen MR) is 60.4 cm³/mol. The van der Waals surface area contributed by atoms with E-state index in [1.807, 2.05) is 0 Å². The first-order valence-corrected chi connectivity index (χ1v) is 5.89. The molecular weight excluding hydrogens is 261 g/mol. The standard InChI is InChI=1S/C11H13BrFNO/c12-9-6-7(13)5-8(11(9)15)10-3-1-2-4-14-10/h5-6,10,14-15H,1-4H2/t10-/m0/s1. The fourth-order valence-corrected chi connectivity index (χ4v) is 2.42. The summed E-state index contributed by atoms with van der Waals surface area (Å²) in [4.78, 5) is 0. The monoisotopic (exact) mass is 273 g/mol. The van der Waals surface area contributed by atoms with Gasteiger partial charge in [-0.3, -0.25) is 0 Å². The van der Waals surface area contributed by atoms with Gasteiger partial charge in [0.25, 0.3) is 0 Å². The molecule has 2 rings (SSSR count). The van der Waals surface area contributed by atoms with Gasteiger partial charge in [-0.25, -0.2) is 4.39 Å². The van der Waals surface area contributed by atoms with Crippen molar-refractivity contribution in [3.8, 4) is 5.75 Å². The maximum atomic E-state index is 13.2. The van der Waals surface area contributed by atoms with Gasteiger partial charge in [0.05, 0.1) is 4.47 Å². The Balaban J connectivity index is 2.33. The molecule has 1 aliphatic rings. The molecule has 0 radical (unpaired) electrons. The third-order valence-corrected chi connectivity index (χ3v) is 3.35. The summed E-state index contributed by atoms with van der Waals surface area (Å²) in [5.74, 6) is -0.169. The van der Waals surface area contributed by atoms with E-state index in [2.05, 4.69) is 21.2 Å². The molecule has 15 heavy (non-hydrogen) atoms. The van der Waals surface area contributed by atoms with Crippen molar-refractivity contribution in [3.05, 3.63) is 28.0 Å². The van der Waals surface area contributed by atoms with Crippen LogP contribution in [0.5, 0.6) is 5.75 Å². The fraction of sp³-hybridized carbons (Fsp3) is 0.455. The van der Waals surface area contributed by atoms with E-state index in [0.717, 1.165) is 25.8 Å². The fourth-order valence-electron chi connectivity index (χ4n) is 1.97. The Bertz CT molecular complexity index is 364. The number of phenols is 1. The molecule has 0 saturated carbocycles. The summed E-state index contributed by atoms with van der Waals surface area (Å²) >= 11 is 3.15. The molecular formula is C11H13BrFNO. The van der Waals surface area contributed by atoms with Crippen LogP contribution in [-0.2, 0) is 0 Å². The number of piperidine rings is 1. The van der Waals surface area contributed by atoms with Crippen molar-refractivity contribution >= 4 is 15.9 Å². The smallest absolute Gasteiger partial charge is 0.134 e. The van der Waals surface area contributed by atoms with Crippen LogP contribution in [0.3, 0.4) is 0 Å². The van der Waals surface area contributed by atoms with Crippen LogP contribution in [0, 0.1) is 5.82 Å². The van der Waals surface area contributed by atoms with E-state index >= 15 is 0 Å². The molecule has 0 aromatic heterocycles. The number of hydrogen-bond acceptors (Lipinski definition) is 2. The van der Waals surface area contributed by atoms with Crippen molar-refractivity contribution in [1.82, 2.24) is 5.32 Å². The van der Waals surface area contributed by atoms with Gasteiger partial charge < -0.3 is 10.4 Å². The summed E-state index contributed by atoms with van der Waals surface area (Å²) in [6, 6.07) is 2.76. The van der Waals surface area contributed by atoms with Gasteiger partial charge in [-0.2, -0.15) is 0 Å². The van der Waals surface area contributed by atoms with E-state index in [-0.39, 0.29) is 17.6 Å². The van der Waals surface area contributed by atoms with E-state index in [9.17, 15) is 9.50 Å². The minimum Gasteiger partial charge on any atom is -0.506 e. The molecule has 1 aliphatic heterocycles. The van der Waals surface area contributed by atoms with Crippen LogP contribution in [0.2, 0.25) is 0 Å². The molecule has 4 heteroatoms. The molecule has 2 N–H and O–H groups in total. The first-order chi connectivity index (χ1) is 7.18. The maximum Gasteiger partial charge on any atom is 0.134 e. The Kier molecular flexibility index (Phi) is 3.26. The van der Waals surface area contributed by atoms with Gasteiger partial charge in [0.2, 0.25) is 0 Å². The van der Waals surface area contributed by atoms with E-state index in [1.165, 1.54) is 12.1 Å². The Labute approximate surface area is 96.6 Å². The zero-order valence-corrected chi connectivity index (χ0v) is 9.85. The Morgan fingerprint density at radius 2 is 2.20 bits per heavy atom. The van der Waals surface area contributed by atoms with Crippen molar-refractivity contribution < 1.29 is 9.50 Å². The van der Waals surface area contributed by atoms with Gasteiger partial charge in [0.1, 0.15) is 11.6 Å². The minimum absolute atomic E-state index is 0.0748. The number of phenolic OH excluding ortho intramolecular Hbond substituents is 1.